The lowest BCUT2D eigenvalue weighted by atomic mass is 9.95. The molecule has 1 unspecified atom stereocenters. The smallest absolute Gasteiger partial charge is 0.115 e. The van der Waals surface area contributed by atoms with Crippen molar-refractivity contribution in [1.82, 2.24) is 0 Å². The molecule has 1 atom stereocenters. The quantitative estimate of drug-likeness (QED) is 0.763. The first-order valence-electron chi connectivity index (χ1n) is 5.27. The highest BCUT2D eigenvalue weighted by atomic mass is 16.3. The van der Waals surface area contributed by atoms with Crippen molar-refractivity contribution in [1.29, 1.82) is 0 Å². The molecule has 1 fully saturated rings. The van der Waals surface area contributed by atoms with Gasteiger partial charge >= 0.3 is 0 Å². The minimum Gasteiger partial charge on any atom is -0.508 e. The van der Waals surface area contributed by atoms with Gasteiger partial charge in [0.05, 0.1) is 0 Å². The number of rotatable bonds is 4. The summed E-state index contributed by atoms with van der Waals surface area (Å²) in [7, 11) is 0. The van der Waals surface area contributed by atoms with Crippen LogP contribution in [-0.2, 0) is 6.42 Å². The van der Waals surface area contributed by atoms with Crippen molar-refractivity contribution in [3.63, 3.8) is 0 Å². The van der Waals surface area contributed by atoms with E-state index in [1.807, 2.05) is 12.1 Å². The zero-order valence-corrected chi connectivity index (χ0v) is 8.32. The Morgan fingerprint density at radius 2 is 2.21 bits per heavy atom. The van der Waals surface area contributed by atoms with Gasteiger partial charge in [-0.05, 0) is 55.3 Å². The summed E-state index contributed by atoms with van der Waals surface area (Å²) in [4.78, 5) is 0. The number of nitrogens with two attached hydrogens (primary N) is 1. The van der Waals surface area contributed by atoms with Crippen molar-refractivity contribution in [2.75, 3.05) is 6.54 Å². The predicted octanol–water partition coefficient (Wildman–Crippen LogP) is 1.92. The molecule has 3 N–H and O–H groups in total. The van der Waals surface area contributed by atoms with Gasteiger partial charge in [0.15, 0.2) is 0 Å². The second-order valence-electron chi connectivity index (χ2n) is 4.21. The Morgan fingerprint density at radius 1 is 1.43 bits per heavy atom. The molecule has 0 aliphatic heterocycles. The number of phenols is 1. The van der Waals surface area contributed by atoms with Crippen LogP contribution in [0.15, 0.2) is 24.3 Å². The van der Waals surface area contributed by atoms with Crippen molar-refractivity contribution >= 4 is 0 Å². The molecular formula is C12H17NO. The molecule has 1 saturated carbocycles. The predicted molar refractivity (Wildman–Crippen MR) is 57.1 cm³/mol. The number of hydrogen-bond acceptors (Lipinski definition) is 2. The third-order valence-corrected chi connectivity index (χ3v) is 3.00. The molecule has 2 nitrogen and oxygen atoms in total. The maximum Gasteiger partial charge on any atom is 0.115 e. The Balaban J connectivity index is 2.01. The summed E-state index contributed by atoms with van der Waals surface area (Å²) >= 11 is 0. The molecule has 2 heteroatoms. The summed E-state index contributed by atoms with van der Waals surface area (Å²) in [6, 6.07) is 7.50. The molecule has 1 aromatic rings. The van der Waals surface area contributed by atoms with Gasteiger partial charge in [0.2, 0.25) is 0 Å². The zero-order valence-electron chi connectivity index (χ0n) is 8.32. The van der Waals surface area contributed by atoms with Gasteiger partial charge in [0.25, 0.3) is 0 Å². The minimum absolute atomic E-state index is 0.356. The minimum atomic E-state index is 0.356. The number of hydrogen-bond donors (Lipinski definition) is 2. The van der Waals surface area contributed by atoms with E-state index in [2.05, 4.69) is 6.07 Å². The van der Waals surface area contributed by atoms with E-state index in [1.165, 1.54) is 18.4 Å². The molecule has 0 radical (unpaired) electrons. The molecule has 1 aliphatic rings. The van der Waals surface area contributed by atoms with Crippen LogP contribution in [0.3, 0.4) is 0 Å². The lowest BCUT2D eigenvalue weighted by Crippen LogP contribution is -2.18. The maximum absolute atomic E-state index is 9.32. The third-order valence-electron chi connectivity index (χ3n) is 3.00. The van der Waals surface area contributed by atoms with Gasteiger partial charge in [-0.2, -0.15) is 0 Å². The molecule has 1 aliphatic carbocycles. The molecular weight excluding hydrogens is 174 g/mol. The van der Waals surface area contributed by atoms with E-state index >= 15 is 0 Å². The topological polar surface area (TPSA) is 46.2 Å². The van der Waals surface area contributed by atoms with Gasteiger partial charge in [0.1, 0.15) is 5.75 Å². The lowest BCUT2D eigenvalue weighted by molar-refractivity contribution is 0.461. The van der Waals surface area contributed by atoms with E-state index in [9.17, 15) is 5.11 Å². The Hall–Kier alpha value is -1.02. The van der Waals surface area contributed by atoms with Crippen LogP contribution >= 0.6 is 0 Å². The highest BCUT2D eigenvalue weighted by Crippen LogP contribution is 2.38. The Labute approximate surface area is 84.7 Å². The Kier molecular flexibility index (Phi) is 2.73. The average Bonchev–Trinajstić information content (AvgIpc) is 2.97. The number of phenolic OH excluding ortho intramolecular Hbond substituents is 1. The van der Waals surface area contributed by atoms with Gasteiger partial charge < -0.3 is 10.8 Å². The van der Waals surface area contributed by atoms with E-state index in [-0.39, 0.29) is 0 Å². The standard InChI is InChI=1S/C12H17NO/c13-8-11(10-4-5-10)6-9-2-1-3-12(14)7-9/h1-3,7,10-11,14H,4-6,8,13H2. The van der Waals surface area contributed by atoms with Crippen molar-refractivity contribution in [3.05, 3.63) is 29.8 Å². The Bertz CT molecular complexity index is 307. The van der Waals surface area contributed by atoms with Gasteiger partial charge in [-0.15, -0.1) is 0 Å². The summed E-state index contributed by atoms with van der Waals surface area (Å²) in [6.07, 6.45) is 3.68. The van der Waals surface area contributed by atoms with Crippen LogP contribution < -0.4 is 5.73 Å². The van der Waals surface area contributed by atoms with Crippen LogP contribution in [0.2, 0.25) is 0 Å². The first-order chi connectivity index (χ1) is 6.79. The van der Waals surface area contributed by atoms with E-state index in [0.717, 1.165) is 18.9 Å². The first kappa shape index (κ1) is 9.53. The molecule has 1 aromatic carbocycles. The van der Waals surface area contributed by atoms with E-state index in [0.29, 0.717) is 11.7 Å². The monoisotopic (exact) mass is 191 g/mol. The van der Waals surface area contributed by atoms with Crippen LogP contribution in [0.1, 0.15) is 18.4 Å². The summed E-state index contributed by atoms with van der Waals surface area (Å²) < 4.78 is 0. The number of benzene rings is 1. The highest BCUT2D eigenvalue weighted by Gasteiger charge is 2.29. The van der Waals surface area contributed by atoms with Crippen molar-refractivity contribution in [2.45, 2.75) is 19.3 Å². The summed E-state index contributed by atoms with van der Waals surface area (Å²) in [6.45, 7) is 0.764. The van der Waals surface area contributed by atoms with Crippen LogP contribution in [0.4, 0.5) is 0 Å². The second-order valence-corrected chi connectivity index (χ2v) is 4.21. The third kappa shape index (κ3) is 2.26. The molecule has 14 heavy (non-hydrogen) atoms. The van der Waals surface area contributed by atoms with Crippen LogP contribution in [0, 0.1) is 11.8 Å². The fourth-order valence-electron chi connectivity index (χ4n) is 2.00. The van der Waals surface area contributed by atoms with Gasteiger partial charge in [-0.1, -0.05) is 12.1 Å². The molecule has 2 rings (SSSR count). The average molecular weight is 191 g/mol. The highest BCUT2D eigenvalue weighted by molar-refractivity contribution is 5.27. The van der Waals surface area contributed by atoms with Gasteiger partial charge in [-0.25, -0.2) is 0 Å². The summed E-state index contributed by atoms with van der Waals surface area (Å²) in [5.74, 6) is 1.80. The van der Waals surface area contributed by atoms with E-state index < -0.39 is 0 Å². The normalized spacial score (nSPS) is 18.1. The van der Waals surface area contributed by atoms with Crippen LogP contribution in [0.5, 0.6) is 5.75 Å². The summed E-state index contributed by atoms with van der Waals surface area (Å²) in [5, 5.41) is 9.32. The van der Waals surface area contributed by atoms with Gasteiger partial charge in [-0.3, -0.25) is 0 Å². The maximum atomic E-state index is 9.32. The SMILES string of the molecule is NCC(Cc1cccc(O)c1)C1CC1. The number of aromatic hydroxyl groups is 1. The van der Waals surface area contributed by atoms with Crippen LogP contribution in [0.25, 0.3) is 0 Å². The molecule has 76 valence electrons. The molecule has 0 bridgehead atoms. The second kappa shape index (κ2) is 4.01. The largest absolute Gasteiger partial charge is 0.508 e. The van der Waals surface area contributed by atoms with Crippen LogP contribution in [-0.4, -0.2) is 11.7 Å². The lowest BCUT2D eigenvalue weighted by Gasteiger charge is -2.13. The Morgan fingerprint density at radius 3 is 2.79 bits per heavy atom. The molecule has 0 spiro atoms. The van der Waals surface area contributed by atoms with Crippen molar-refractivity contribution in [2.24, 2.45) is 17.6 Å². The zero-order chi connectivity index (χ0) is 9.97. The molecule has 0 amide bonds. The fraction of sp³-hybridized carbons (Fsp3) is 0.500. The molecule has 0 saturated heterocycles. The van der Waals surface area contributed by atoms with E-state index in [4.69, 9.17) is 5.73 Å². The summed E-state index contributed by atoms with van der Waals surface area (Å²) in [5.41, 5.74) is 6.94. The van der Waals surface area contributed by atoms with Crippen molar-refractivity contribution < 1.29 is 5.11 Å². The fourth-order valence-corrected chi connectivity index (χ4v) is 2.00. The first-order valence-corrected chi connectivity index (χ1v) is 5.27. The molecule has 0 heterocycles. The van der Waals surface area contributed by atoms with E-state index in [1.54, 1.807) is 6.07 Å². The van der Waals surface area contributed by atoms with Crippen molar-refractivity contribution in [3.8, 4) is 5.75 Å². The van der Waals surface area contributed by atoms with Gasteiger partial charge in [0, 0.05) is 0 Å². The molecule has 0 aromatic heterocycles.